The normalized spacial score (nSPS) is 11.5. The number of hydrogen-bond donors (Lipinski definition) is 1. The smallest absolute Gasteiger partial charge is 0.161 e. The second kappa shape index (κ2) is 8.76. The minimum atomic E-state index is 0.225. The number of benzene rings is 1. The van der Waals surface area contributed by atoms with E-state index >= 15 is 0 Å². The van der Waals surface area contributed by atoms with Gasteiger partial charge in [0, 0.05) is 17.2 Å². The monoisotopic (exact) mass is 331 g/mol. The van der Waals surface area contributed by atoms with E-state index in [2.05, 4.69) is 25.5 Å². The molecule has 3 nitrogen and oxygen atoms in total. The van der Waals surface area contributed by atoms with Crippen molar-refractivity contribution in [2.24, 2.45) is 0 Å². The Labute approximate surface area is 137 Å². The summed E-state index contributed by atoms with van der Waals surface area (Å²) in [6.45, 7) is 7.45. The highest BCUT2D eigenvalue weighted by Gasteiger charge is 2.16. The van der Waals surface area contributed by atoms with Crippen LogP contribution in [0.25, 0.3) is 0 Å². The summed E-state index contributed by atoms with van der Waals surface area (Å²) < 4.78 is 14.4. The molecule has 120 valence electrons. The number of methoxy groups -OCH3 is 2. The highest BCUT2D eigenvalue weighted by atomic mass is 35.5. The fraction of sp³-hybridized carbons (Fsp3) is 0.625. The van der Waals surface area contributed by atoms with Gasteiger partial charge in [0.15, 0.2) is 11.5 Å². The summed E-state index contributed by atoms with van der Waals surface area (Å²) in [5.74, 6) is 2.10. The second-order valence-electron chi connectivity index (χ2n) is 5.45. The Bertz CT molecular complexity index is 452. The molecule has 0 unspecified atom stereocenters. The highest BCUT2D eigenvalue weighted by Crippen LogP contribution is 2.32. The molecule has 0 radical (unpaired) electrons. The van der Waals surface area contributed by atoms with E-state index in [-0.39, 0.29) is 4.75 Å². The van der Waals surface area contributed by atoms with Crippen LogP contribution in [0.4, 0.5) is 0 Å². The summed E-state index contributed by atoms with van der Waals surface area (Å²) >= 11 is 7.68. The first-order valence-electron chi connectivity index (χ1n) is 7.18. The predicted molar refractivity (Wildman–Crippen MR) is 92.8 cm³/mol. The van der Waals surface area contributed by atoms with E-state index in [1.165, 1.54) is 11.1 Å². The van der Waals surface area contributed by atoms with E-state index in [1.54, 1.807) is 26.2 Å². The van der Waals surface area contributed by atoms with Gasteiger partial charge in [0.25, 0.3) is 0 Å². The van der Waals surface area contributed by atoms with Gasteiger partial charge >= 0.3 is 0 Å². The average molecular weight is 332 g/mol. The van der Waals surface area contributed by atoms with Gasteiger partial charge in [-0.15, -0.1) is 11.6 Å². The molecule has 5 heteroatoms. The van der Waals surface area contributed by atoms with Crippen LogP contribution in [-0.4, -0.2) is 24.8 Å². The van der Waals surface area contributed by atoms with Crippen LogP contribution in [0.15, 0.2) is 12.1 Å². The van der Waals surface area contributed by atoms with Crippen LogP contribution in [0.3, 0.4) is 0 Å². The lowest BCUT2D eigenvalue weighted by Gasteiger charge is -2.22. The molecule has 0 spiro atoms. The maximum Gasteiger partial charge on any atom is 0.161 e. The topological polar surface area (TPSA) is 30.5 Å². The standard InChI is InChI=1S/C16H26ClNO2S/c1-6-16(2,3)21-18-11-13-10-15(20-5)14(19-4)9-12(13)7-8-17/h9-10,18H,6-8,11H2,1-5H3. The first-order chi connectivity index (χ1) is 9.97. The molecule has 0 aliphatic heterocycles. The molecule has 1 N–H and O–H groups in total. The maximum absolute atomic E-state index is 5.91. The van der Waals surface area contributed by atoms with Crippen molar-refractivity contribution in [3.05, 3.63) is 23.3 Å². The third-order valence-corrected chi connectivity index (χ3v) is 4.85. The summed E-state index contributed by atoms with van der Waals surface area (Å²) in [5.41, 5.74) is 2.40. The van der Waals surface area contributed by atoms with Gasteiger partial charge < -0.3 is 9.47 Å². The summed E-state index contributed by atoms with van der Waals surface area (Å²) in [6, 6.07) is 4.06. The molecule has 0 fully saturated rings. The molecule has 0 aliphatic carbocycles. The number of nitrogens with one attached hydrogen (secondary N) is 1. The van der Waals surface area contributed by atoms with Crippen molar-refractivity contribution in [3.8, 4) is 11.5 Å². The summed E-state index contributed by atoms with van der Waals surface area (Å²) in [4.78, 5) is 0. The van der Waals surface area contributed by atoms with Crippen LogP contribution >= 0.6 is 23.5 Å². The van der Waals surface area contributed by atoms with E-state index in [4.69, 9.17) is 21.1 Å². The van der Waals surface area contributed by atoms with E-state index in [0.717, 1.165) is 30.9 Å². The van der Waals surface area contributed by atoms with Gasteiger partial charge in [0.1, 0.15) is 0 Å². The van der Waals surface area contributed by atoms with Crippen molar-refractivity contribution in [1.29, 1.82) is 0 Å². The Morgan fingerprint density at radius 1 is 1.14 bits per heavy atom. The number of halogens is 1. The van der Waals surface area contributed by atoms with Gasteiger partial charge in [-0.2, -0.15) is 0 Å². The molecular weight excluding hydrogens is 306 g/mol. The second-order valence-corrected chi connectivity index (χ2v) is 7.43. The van der Waals surface area contributed by atoms with E-state index in [9.17, 15) is 0 Å². The Balaban J connectivity index is 2.88. The first-order valence-corrected chi connectivity index (χ1v) is 8.53. The van der Waals surface area contributed by atoms with Crippen molar-refractivity contribution >= 4 is 23.5 Å². The predicted octanol–water partition coefficient (Wildman–Crippen LogP) is 4.41. The molecule has 21 heavy (non-hydrogen) atoms. The minimum absolute atomic E-state index is 0.225. The van der Waals surface area contributed by atoms with Gasteiger partial charge in [-0.25, -0.2) is 0 Å². The quantitative estimate of drug-likeness (QED) is 0.536. The van der Waals surface area contributed by atoms with Crippen LogP contribution in [0.1, 0.15) is 38.3 Å². The molecular formula is C16H26ClNO2S. The van der Waals surface area contributed by atoms with Crippen molar-refractivity contribution < 1.29 is 9.47 Å². The van der Waals surface area contributed by atoms with Crippen molar-refractivity contribution in [1.82, 2.24) is 4.72 Å². The zero-order valence-corrected chi connectivity index (χ0v) is 15.2. The Hall–Kier alpha value is -0.580. The molecule has 0 aliphatic rings. The Morgan fingerprint density at radius 2 is 1.71 bits per heavy atom. The molecule has 1 aromatic carbocycles. The lowest BCUT2D eigenvalue weighted by molar-refractivity contribution is 0.354. The van der Waals surface area contributed by atoms with Gasteiger partial charge in [-0.05, 0) is 49.9 Å². The Morgan fingerprint density at radius 3 is 2.19 bits per heavy atom. The minimum Gasteiger partial charge on any atom is -0.493 e. The summed E-state index contributed by atoms with van der Waals surface area (Å²) in [7, 11) is 3.31. The number of aryl methyl sites for hydroxylation is 1. The number of alkyl halides is 1. The van der Waals surface area contributed by atoms with Gasteiger partial charge in [0.2, 0.25) is 0 Å². The average Bonchev–Trinajstić information content (AvgIpc) is 2.48. The SMILES string of the molecule is CCC(C)(C)SNCc1cc(OC)c(OC)cc1CCCl. The lowest BCUT2D eigenvalue weighted by Crippen LogP contribution is -2.20. The fourth-order valence-electron chi connectivity index (χ4n) is 1.84. The van der Waals surface area contributed by atoms with Crippen molar-refractivity contribution in [2.45, 2.75) is 44.9 Å². The zero-order chi connectivity index (χ0) is 15.9. The first kappa shape index (κ1) is 18.5. The maximum atomic E-state index is 5.91. The molecule has 1 rings (SSSR count). The molecule has 0 amide bonds. The fourth-order valence-corrected chi connectivity index (χ4v) is 2.81. The lowest BCUT2D eigenvalue weighted by atomic mass is 10.0. The third-order valence-electron chi connectivity index (χ3n) is 3.53. The Kier molecular flexibility index (Phi) is 7.71. The molecule has 0 saturated heterocycles. The van der Waals surface area contributed by atoms with Crippen molar-refractivity contribution in [2.75, 3.05) is 20.1 Å². The van der Waals surface area contributed by atoms with E-state index in [0.29, 0.717) is 5.88 Å². The number of ether oxygens (including phenoxy) is 2. The molecule has 0 aromatic heterocycles. The summed E-state index contributed by atoms with van der Waals surface area (Å²) in [5, 5.41) is 0. The van der Waals surface area contributed by atoms with Gasteiger partial charge in [0.05, 0.1) is 14.2 Å². The van der Waals surface area contributed by atoms with Crippen molar-refractivity contribution in [3.63, 3.8) is 0 Å². The molecule has 0 saturated carbocycles. The zero-order valence-electron chi connectivity index (χ0n) is 13.6. The van der Waals surface area contributed by atoms with Crippen LogP contribution < -0.4 is 14.2 Å². The number of rotatable bonds is 9. The van der Waals surface area contributed by atoms with Gasteiger partial charge in [-0.3, -0.25) is 4.72 Å². The van der Waals surface area contributed by atoms with E-state index in [1.807, 2.05) is 12.1 Å². The van der Waals surface area contributed by atoms with Crippen LogP contribution in [0.2, 0.25) is 0 Å². The van der Waals surface area contributed by atoms with Crippen LogP contribution in [0, 0.1) is 0 Å². The summed E-state index contributed by atoms with van der Waals surface area (Å²) in [6.07, 6.45) is 1.94. The molecule has 0 heterocycles. The number of hydrogen-bond acceptors (Lipinski definition) is 4. The highest BCUT2D eigenvalue weighted by molar-refractivity contribution is 7.98. The van der Waals surface area contributed by atoms with Crippen LogP contribution in [-0.2, 0) is 13.0 Å². The molecule has 1 aromatic rings. The largest absolute Gasteiger partial charge is 0.493 e. The molecule has 0 bridgehead atoms. The van der Waals surface area contributed by atoms with Gasteiger partial charge in [-0.1, -0.05) is 18.9 Å². The van der Waals surface area contributed by atoms with Crippen LogP contribution in [0.5, 0.6) is 11.5 Å². The molecule has 0 atom stereocenters. The van der Waals surface area contributed by atoms with E-state index < -0.39 is 0 Å². The third kappa shape index (κ3) is 5.61.